The Hall–Kier alpha value is -0.570. The molecular formula is C13H25NO2. The van der Waals surface area contributed by atoms with E-state index in [4.69, 9.17) is 0 Å². The van der Waals surface area contributed by atoms with Crippen LogP contribution in [-0.2, 0) is 4.79 Å². The quantitative estimate of drug-likeness (QED) is 0.723. The molecule has 1 fully saturated rings. The molecule has 1 amide bonds. The van der Waals surface area contributed by atoms with E-state index >= 15 is 0 Å². The largest absolute Gasteiger partial charge is 0.394 e. The van der Waals surface area contributed by atoms with Gasteiger partial charge in [0.1, 0.15) is 0 Å². The van der Waals surface area contributed by atoms with Crippen LogP contribution < -0.4 is 0 Å². The van der Waals surface area contributed by atoms with Crippen LogP contribution in [0, 0.1) is 11.8 Å². The molecule has 0 heterocycles. The first-order valence-corrected chi connectivity index (χ1v) is 6.51. The summed E-state index contributed by atoms with van der Waals surface area (Å²) in [7, 11) is 0. The van der Waals surface area contributed by atoms with Crippen LogP contribution in [0.25, 0.3) is 0 Å². The van der Waals surface area contributed by atoms with Crippen molar-refractivity contribution >= 4 is 5.91 Å². The van der Waals surface area contributed by atoms with Gasteiger partial charge in [0, 0.05) is 12.5 Å². The SMILES string of the molecule is CCC[C@H](CO)N(CC1CC1)C(=O)C(C)C. The van der Waals surface area contributed by atoms with Crippen molar-refractivity contribution < 1.29 is 9.90 Å². The van der Waals surface area contributed by atoms with Crippen molar-refractivity contribution in [1.82, 2.24) is 4.90 Å². The van der Waals surface area contributed by atoms with E-state index in [0.29, 0.717) is 5.92 Å². The Labute approximate surface area is 98.8 Å². The van der Waals surface area contributed by atoms with Crippen molar-refractivity contribution in [2.24, 2.45) is 11.8 Å². The molecule has 1 atom stereocenters. The smallest absolute Gasteiger partial charge is 0.225 e. The van der Waals surface area contributed by atoms with Crippen molar-refractivity contribution in [1.29, 1.82) is 0 Å². The number of aliphatic hydroxyl groups is 1. The fourth-order valence-electron chi connectivity index (χ4n) is 2.01. The van der Waals surface area contributed by atoms with Gasteiger partial charge in [0.15, 0.2) is 0 Å². The molecule has 0 unspecified atom stereocenters. The van der Waals surface area contributed by atoms with Gasteiger partial charge in [-0.05, 0) is 25.2 Å². The summed E-state index contributed by atoms with van der Waals surface area (Å²) in [6, 6.07) is 0.0282. The number of carbonyl (C=O) groups is 1. The van der Waals surface area contributed by atoms with E-state index in [2.05, 4.69) is 6.92 Å². The van der Waals surface area contributed by atoms with E-state index < -0.39 is 0 Å². The number of carbonyl (C=O) groups excluding carboxylic acids is 1. The van der Waals surface area contributed by atoms with Crippen LogP contribution in [0.1, 0.15) is 46.5 Å². The van der Waals surface area contributed by atoms with E-state index in [9.17, 15) is 9.90 Å². The Morgan fingerprint density at radius 3 is 2.44 bits per heavy atom. The van der Waals surface area contributed by atoms with Crippen LogP contribution in [0.2, 0.25) is 0 Å². The van der Waals surface area contributed by atoms with Crippen LogP contribution in [0.15, 0.2) is 0 Å². The third-order valence-electron chi connectivity index (χ3n) is 3.20. The second-order valence-corrected chi connectivity index (χ2v) is 5.21. The van der Waals surface area contributed by atoms with Gasteiger partial charge in [-0.25, -0.2) is 0 Å². The van der Waals surface area contributed by atoms with Gasteiger partial charge in [-0.15, -0.1) is 0 Å². The molecule has 0 aromatic rings. The number of aliphatic hydroxyl groups excluding tert-OH is 1. The normalized spacial score (nSPS) is 17.6. The lowest BCUT2D eigenvalue weighted by molar-refractivity contribution is -0.138. The Bertz CT molecular complexity index is 224. The van der Waals surface area contributed by atoms with Crippen molar-refractivity contribution in [3.63, 3.8) is 0 Å². The lowest BCUT2D eigenvalue weighted by atomic mass is 10.1. The van der Waals surface area contributed by atoms with Crippen molar-refractivity contribution in [3.8, 4) is 0 Å². The molecule has 0 aliphatic heterocycles. The Balaban J connectivity index is 2.62. The predicted octanol–water partition coefficient (Wildman–Crippen LogP) is 2.04. The van der Waals surface area contributed by atoms with E-state index in [-0.39, 0.29) is 24.5 Å². The summed E-state index contributed by atoms with van der Waals surface area (Å²) >= 11 is 0. The van der Waals surface area contributed by atoms with Gasteiger partial charge in [-0.2, -0.15) is 0 Å². The molecule has 0 radical (unpaired) electrons. The van der Waals surface area contributed by atoms with Crippen LogP contribution >= 0.6 is 0 Å². The average Bonchev–Trinajstić information content (AvgIpc) is 3.05. The maximum absolute atomic E-state index is 12.1. The van der Waals surface area contributed by atoms with Gasteiger partial charge in [-0.1, -0.05) is 27.2 Å². The highest BCUT2D eigenvalue weighted by atomic mass is 16.3. The lowest BCUT2D eigenvalue weighted by Crippen LogP contribution is -2.45. The number of nitrogens with zero attached hydrogens (tertiary/aromatic N) is 1. The van der Waals surface area contributed by atoms with Gasteiger partial charge in [0.25, 0.3) is 0 Å². The first kappa shape index (κ1) is 13.5. The number of hydrogen-bond donors (Lipinski definition) is 1. The van der Waals surface area contributed by atoms with Crippen LogP contribution in [0.4, 0.5) is 0 Å². The number of amides is 1. The monoisotopic (exact) mass is 227 g/mol. The van der Waals surface area contributed by atoms with E-state index in [0.717, 1.165) is 19.4 Å². The minimum atomic E-state index is 0.0282. The highest BCUT2D eigenvalue weighted by molar-refractivity contribution is 5.78. The lowest BCUT2D eigenvalue weighted by Gasteiger charge is -2.32. The van der Waals surface area contributed by atoms with Crippen LogP contribution in [0.5, 0.6) is 0 Å². The second-order valence-electron chi connectivity index (χ2n) is 5.21. The van der Waals surface area contributed by atoms with E-state index in [1.165, 1.54) is 12.8 Å². The van der Waals surface area contributed by atoms with Crippen molar-refractivity contribution in [2.45, 2.75) is 52.5 Å². The molecule has 3 nitrogen and oxygen atoms in total. The highest BCUT2D eigenvalue weighted by Crippen LogP contribution is 2.31. The minimum absolute atomic E-state index is 0.0282. The van der Waals surface area contributed by atoms with E-state index in [1.54, 1.807) is 0 Å². The fourth-order valence-corrected chi connectivity index (χ4v) is 2.01. The van der Waals surface area contributed by atoms with Crippen molar-refractivity contribution in [2.75, 3.05) is 13.2 Å². The molecule has 1 saturated carbocycles. The highest BCUT2D eigenvalue weighted by Gasteiger charge is 2.31. The molecule has 0 spiro atoms. The minimum Gasteiger partial charge on any atom is -0.394 e. The summed E-state index contributed by atoms with van der Waals surface area (Å²) in [6.45, 7) is 6.91. The maximum atomic E-state index is 12.1. The molecule has 3 heteroatoms. The molecule has 0 saturated heterocycles. The molecule has 94 valence electrons. The third-order valence-corrected chi connectivity index (χ3v) is 3.20. The molecule has 1 N–H and O–H groups in total. The van der Waals surface area contributed by atoms with Gasteiger partial charge < -0.3 is 10.0 Å². The topological polar surface area (TPSA) is 40.5 Å². The fraction of sp³-hybridized carbons (Fsp3) is 0.923. The zero-order valence-corrected chi connectivity index (χ0v) is 10.8. The number of hydrogen-bond acceptors (Lipinski definition) is 2. The summed E-state index contributed by atoms with van der Waals surface area (Å²) in [4.78, 5) is 14.0. The molecular weight excluding hydrogens is 202 g/mol. The van der Waals surface area contributed by atoms with Gasteiger partial charge in [0.2, 0.25) is 5.91 Å². The molecule has 1 aliphatic carbocycles. The molecule has 1 rings (SSSR count). The van der Waals surface area contributed by atoms with Crippen LogP contribution in [-0.4, -0.2) is 35.1 Å². The summed E-state index contributed by atoms with van der Waals surface area (Å²) < 4.78 is 0. The van der Waals surface area contributed by atoms with E-state index in [1.807, 2.05) is 18.7 Å². The maximum Gasteiger partial charge on any atom is 0.225 e. The molecule has 16 heavy (non-hydrogen) atoms. The summed E-state index contributed by atoms with van der Waals surface area (Å²) in [5.74, 6) is 0.915. The predicted molar refractivity (Wildman–Crippen MR) is 65.1 cm³/mol. The Kier molecular flexibility index (Phi) is 5.26. The number of rotatable bonds is 7. The first-order chi connectivity index (χ1) is 7.60. The summed E-state index contributed by atoms with van der Waals surface area (Å²) in [5.41, 5.74) is 0. The third kappa shape index (κ3) is 3.78. The molecule has 0 bridgehead atoms. The average molecular weight is 227 g/mol. The van der Waals surface area contributed by atoms with Crippen molar-refractivity contribution in [3.05, 3.63) is 0 Å². The zero-order chi connectivity index (χ0) is 12.1. The Morgan fingerprint density at radius 1 is 1.44 bits per heavy atom. The molecule has 1 aliphatic rings. The molecule has 0 aromatic heterocycles. The van der Waals surface area contributed by atoms with Gasteiger partial charge >= 0.3 is 0 Å². The zero-order valence-electron chi connectivity index (χ0n) is 10.8. The second kappa shape index (κ2) is 6.24. The Morgan fingerprint density at radius 2 is 2.06 bits per heavy atom. The standard InChI is InChI=1S/C13H25NO2/c1-4-5-12(9-15)14(8-11-6-7-11)13(16)10(2)3/h10-12,15H,4-9H2,1-3H3/t12-/m1/s1. The summed E-state index contributed by atoms with van der Waals surface area (Å²) in [5, 5.41) is 9.40. The molecule has 0 aromatic carbocycles. The van der Waals surface area contributed by atoms with Gasteiger partial charge in [0.05, 0.1) is 12.6 Å². The van der Waals surface area contributed by atoms with Crippen LogP contribution in [0.3, 0.4) is 0 Å². The first-order valence-electron chi connectivity index (χ1n) is 6.51. The van der Waals surface area contributed by atoms with Gasteiger partial charge in [-0.3, -0.25) is 4.79 Å². The summed E-state index contributed by atoms with van der Waals surface area (Å²) in [6.07, 6.45) is 4.40.